The zero-order valence-corrected chi connectivity index (χ0v) is 24.8. The van der Waals surface area contributed by atoms with Gasteiger partial charge in [-0.05, 0) is 54.7 Å². The highest BCUT2D eigenvalue weighted by molar-refractivity contribution is 5.78. The molecule has 2 aromatic rings. The molecule has 0 bridgehead atoms. The molecule has 6 heteroatoms. The highest BCUT2D eigenvalue weighted by Crippen LogP contribution is 2.54. The molecule has 0 saturated carbocycles. The van der Waals surface area contributed by atoms with Crippen LogP contribution in [0.15, 0.2) is 65.0 Å². The van der Waals surface area contributed by atoms with Gasteiger partial charge in [0.1, 0.15) is 41.7 Å². The quantitative estimate of drug-likeness (QED) is 0.365. The number of hydrogen-bond donors (Lipinski definition) is 0. The van der Waals surface area contributed by atoms with Crippen LogP contribution in [-0.2, 0) is 22.2 Å². The third-order valence-electron chi connectivity index (χ3n) is 8.74. The first-order chi connectivity index (χ1) is 19.4. The summed E-state index contributed by atoms with van der Waals surface area (Å²) in [6.07, 6.45) is 6.00. The van der Waals surface area contributed by atoms with Crippen molar-refractivity contribution in [2.75, 3.05) is 18.0 Å². The minimum absolute atomic E-state index is 0.00816. The Morgan fingerprint density at radius 2 is 1.61 bits per heavy atom. The fourth-order valence-corrected chi connectivity index (χ4v) is 6.24. The molecule has 0 N–H and O–H groups in total. The summed E-state index contributed by atoms with van der Waals surface area (Å²) in [4.78, 5) is 2.52. The SMILES string of the molecule is CC1(C)OC(=C(C#N)C#N)C(C#N)=C1/C=C/c1cc2c3c(c1OCc1ccccc1)C(C)(C)CCN3CCC2(C)C. The summed E-state index contributed by atoms with van der Waals surface area (Å²) in [6.45, 7) is 15.4. The number of nitriles is 3. The molecule has 0 aromatic heterocycles. The van der Waals surface area contributed by atoms with E-state index in [0.717, 1.165) is 42.8 Å². The van der Waals surface area contributed by atoms with E-state index in [9.17, 15) is 15.8 Å². The van der Waals surface area contributed by atoms with Gasteiger partial charge in [-0.2, -0.15) is 15.8 Å². The van der Waals surface area contributed by atoms with Crippen LogP contribution in [0.4, 0.5) is 5.69 Å². The van der Waals surface area contributed by atoms with Gasteiger partial charge in [-0.15, -0.1) is 0 Å². The molecular formula is C35H36N4O2. The van der Waals surface area contributed by atoms with E-state index >= 15 is 0 Å². The van der Waals surface area contributed by atoms with E-state index < -0.39 is 5.60 Å². The van der Waals surface area contributed by atoms with Gasteiger partial charge in [-0.3, -0.25) is 0 Å². The molecule has 0 fully saturated rings. The van der Waals surface area contributed by atoms with Gasteiger partial charge >= 0.3 is 0 Å². The number of ether oxygens (including phenoxy) is 2. The molecule has 0 radical (unpaired) electrons. The molecule has 208 valence electrons. The lowest BCUT2D eigenvalue weighted by atomic mass is 9.68. The van der Waals surface area contributed by atoms with Crippen molar-refractivity contribution in [1.82, 2.24) is 0 Å². The van der Waals surface area contributed by atoms with Crippen LogP contribution in [0.25, 0.3) is 6.08 Å². The first kappa shape index (κ1) is 28.1. The van der Waals surface area contributed by atoms with Gasteiger partial charge in [0.25, 0.3) is 0 Å². The fraction of sp³-hybridized carbons (Fsp3) is 0.400. The van der Waals surface area contributed by atoms with Crippen LogP contribution in [0.5, 0.6) is 5.75 Å². The summed E-state index contributed by atoms with van der Waals surface area (Å²) in [5, 5.41) is 29.0. The average molecular weight is 545 g/mol. The predicted molar refractivity (Wildman–Crippen MR) is 160 cm³/mol. The molecule has 6 nitrogen and oxygen atoms in total. The molecule has 3 aliphatic heterocycles. The fourth-order valence-electron chi connectivity index (χ4n) is 6.24. The molecule has 41 heavy (non-hydrogen) atoms. The second-order valence-electron chi connectivity index (χ2n) is 12.9. The normalized spacial score (nSPS) is 19.6. The highest BCUT2D eigenvalue weighted by atomic mass is 16.5. The van der Waals surface area contributed by atoms with Crippen LogP contribution in [0.3, 0.4) is 0 Å². The molecule has 0 atom stereocenters. The Labute approximate surface area is 243 Å². The highest BCUT2D eigenvalue weighted by Gasteiger charge is 2.43. The van der Waals surface area contributed by atoms with Gasteiger partial charge in [-0.1, -0.05) is 70.2 Å². The standard InChI is InChI=1S/C35H36N4O2/c1-33(2)14-16-39-17-15-34(3,4)29-30(39)28(33)18-24(32(29)40-22-23-10-8-7-9-11-23)12-13-27-26(21-38)31(25(19-36)20-37)41-35(27,5)6/h7-13,18H,14-17,22H2,1-6H3/b13-12+. The van der Waals surface area contributed by atoms with Crippen molar-refractivity contribution in [3.8, 4) is 24.0 Å². The van der Waals surface area contributed by atoms with E-state index in [1.807, 2.05) is 56.3 Å². The number of anilines is 1. The molecule has 3 aliphatic rings. The topological polar surface area (TPSA) is 93.1 Å². The molecule has 2 aromatic carbocycles. The summed E-state index contributed by atoms with van der Waals surface area (Å²) in [6, 6.07) is 18.4. The van der Waals surface area contributed by atoms with Crippen LogP contribution < -0.4 is 9.64 Å². The summed E-state index contributed by atoms with van der Waals surface area (Å²) in [7, 11) is 0. The molecule has 0 unspecified atom stereocenters. The monoisotopic (exact) mass is 544 g/mol. The van der Waals surface area contributed by atoms with Crippen LogP contribution >= 0.6 is 0 Å². The Hall–Kier alpha value is -4.47. The third-order valence-corrected chi connectivity index (χ3v) is 8.74. The zero-order valence-electron chi connectivity index (χ0n) is 24.8. The molecule has 3 heterocycles. The second kappa shape index (κ2) is 10.2. The van der Waals surface area contributed by atoms with E-state index in [1.54, 1.807) is 0 Å². The minimum Gasteiger partial charge on any atom is -0.488 e. The van der Waals surface area contributed by atoms with Crippen molar-refractivity contribution in [2.24, 2.45) is 0 Å². The summed E-state index contributed by atoms with van der Waals surface area (Å²) < 4.78 is 12.7. The number of nitrogens with zero attached hydrogens (tertiary/aromatic N) is 4. The maximum atomic E-state index is 10.1. The van der Waals surface area contributed by atoms with Gasteiger partial charge in [0.05, 0.1) is 0 Å². The molecule has 0 saturated heterocycles. The van der Waals surface area contributed by atoms with E-state index in [1.165, 1.54) is 16.8 Å². The van der Waals surface area contributed by atoms with Crippen molar-refractivity contribution in [3.63, 3.8) is 0 Å². The van der Waals surface area contributed by atoms with Crippen molar-refractivity contribution in [3.05, 3.63) is 87.2 Å². The van der Waals surface area contributed by atoms with Crippen LogP contribution in [0.2, 0.25) is 0 Å². The Bertz CT molecular complexity index is 1600. The molecular weight excluding hydrogens is 508 g/mol. The summed E-state index contributed by atoms with van der Waals surface area (Å²) >= 11 is 0. The van der Waals surface area contributed by atoms with Crippen LogP contribution in [-0.4, -0.2) is 18.7 Å². The Balaban J connectivity index is 1.73. The second-order valence-corrected chi connectivity index (χ2v) is 12.9. The lowest BCUT2D eigenvalue weighted by molar-refractivity contribution is 0.0954. The first-order valence-corrected chi connectivity index (χ1v) is 14.1. The smallest absolute Gasteiger partial charge is 0.172 e. The average Bonchev–Trinajstić information content (AvgIpc) is 3.19. The van der Waals surface area contributed by atoms with Gasteiger partial charge in [0, 0.05) is 35.5 Å². The number of benzene rings is 2. The van der Waals surface area contributed by atoms with E-state index in [-0.39, 0.29) is 27.7 Å². The van der Waals surface area contributed by atoms with Crippen molar-refractivity contribution >= 4 is 11.8 Å². The largest absolute Gasteiger partial charge is 0.488 e. The summed E-state index contributed by atoms with van der Waals surface area (Å²) in [5.74, 6) is 0.902. The van der Waals surface area contributed by atoms with Gasteiger partial charge in [0.2, 0.25) is 0 Å². The lowest BCUT2D eigenvalue weighted by Gasteiger charge is -2.49. The third kappa shape index (κ3) is 4.87. The van der Waals surface area contributed by atoms with E-state index in [2.05, 4.69) is 56.9 Å². The van der Waals surface area contributed by atoms with Crippen LogP contribution in [0, 0.1) is 34.0 Å². The predicted octanol–water partition coefficient (Wildman–Crippen LogP) is 7.38. The zero-order chi connectivity index (χ0) is 29.6. The minimum atomic E-state index is -0.890. The van der Waals surface area contributed by atoms with Crippen molar-refractivity contribution < 1.29 is 9.47 Å². The maximum Gasteiger partial charge on any atom is 0.172 e. The van der Waals surface area contributed by atoms with Crippen LogP contribution in [0.1, 0.15) is 76.6 Å². The lowest BCUT2D eigenvalue weighted by Crippen LogP contribution is -2.45. The Morgan fingerprint density at radius 1 is 0.951 bits per heavy atom. The molecule has 0 aliphatic carbocycles. The summed E-state index contributed by atoms with van der Waals surface area (Å²) in [5.41, 5.74) is 5.52. The number of rotatable bonds is 5. The van der Waals surface area contributed by atoms with Gasteiger partial charge < -0.3 is 14.4 Å². The number of allylic oxidation sites excluding steroid dienone is 2. The van der Waals surface area contributed by atoms with E-state index in [0.29, 0.717) is 12.2 Å². The maximum absolute atomic E-state index is 10.1. The van der Waals surface area contributed by atoms with Gasteiger partial charge in [0.15, 0.2) is 11.3 Å². The van der Waals surface area contributed by atoms with E-state index in [4.69, 9.17) is 9.47 Å². The Kier molecular flexibility index (Phi) is 6.97. The van der Waals surface area contributed by atoms with Crippen molar-refractivity contribution in [2.45, 2.75) is 77.4 Å². The molecule has 0 spiro atoms. The number of hydrogen-bond acceptors (Lipinski definition) is 6. The Morgan fingerprint density at radius 3 is 2.24 bits per heavy atom. The first-order valence-electron chi connectivity index (χ1n) is 14.1. The molecule has 0 amide bonds. The van der Waals surface area contributed by atoms with Crippen molar-refractivity contribution in [1.29, 1.82) is 15.8 Å². The molecule has 5 rings (SSSR count). The van der Waals surface area contributed by atoms with Gasteiger partial charge in [-0.25, -0.2) is 0 Å².